The van der Waals surface area contributed by atoms with E-state index in [0.717, 1.165) is 6.07 Å². The van der Waals surface area contributed by atoms with Crippen LogP contribution in [0.5, 0.6) is 0 Å². The summed E-state index contributed by atoms with van der Waals surface area (Å²) >= 11 is 6.02. The van der Waals surface area contributed by atoms with Crippen LogP contribution in [0.25, 0.3) is 0 Å². The summed E-state index contributed by atoms with van der Waals surface area (Å²) < 4.78 is 27.4. The molecule has 0 radical (unpaired) electrons. The third kappa shape index (κ3) is 5.09. The Balaban J connectivity index is 1.85. The number of hydrogen-bond acceptors (Lipinski definition) is 6. The average Bonchev–Trinajstić information content (AvgIpc) is 2.70. The second kappa shape index (κ2) is 8.72. The van der Waals surface area contributed by atoms with E-state index >= 15 is 0 Å². The Morgan fingerprint density at radius 2 is 1.69 bits per heavy atom. The number of anilines is 2. The molecule has 0 amide bonds. The van der Waals surface area contributed by atoms with Crippen LogP contribution in [0, 0.1) is 10.1 Å². The van der Waals surface area contributed by atoms with Gasteiger partial charge in [-0.1, -0.05) is 48.0 Å². The molecule has 0 aliphatic rings. The van der Waals surface area contributed by atoms with Crippen LogP contribution in [0.15, 0.2) is 82.8 Å². The van der Waals surface area contributed by atoms with Gasteiger partial charge >= 0.3 is 0 Å². The molecule has 0 atom stereocenters. The topological polar surface area (TPSA) is 114 Å². The van der Waals surface area contributed by atoms with E-state index in [4.69, 9.17) is 11.6 Å². The molecule has 3 aromatic carbocycles. The summed E-state index contributed by atoms with van der Waals surface area (Å²) in [7, 11) is -3.99. The van der Waals surface area contributed by atoms with E-state index in [1.54, 1.807) is 54.6 Å². The van der Waals surface area contributed by atoms with Gasteiger partial charge in [-0.05, 0) is 30.3 Å². The lowest BCUT2D eigenvalue weighted by atomic mass is 10.2. The molecule has 0 spiro atoms. The third-order valence-electron chi connectivity index (χ3n) is 3.80. The second-order valence-corrected chi connectivity index (χ2v) is 7.89. The van der Waals surface area contributed by atoms with Crippen LogP contribution in [-0.2, 0) is 10.0 Å². The van der Waals surface area contributed by atoms with Crippen molar-refractivity contribution in [3.8, 4) is 0 Å². The van der Waals surface area contributed by atoms with Crippen molar-refractivity contribution in [3.63, 3.8) is 0 Å². The zero-order valence-corrected chi connectivity index (χ0v) is 16.4. The first kappa shape index (κ1) is 20.3. The summed E-state index contributed by atoms with van der Waals surface area (Å²) in [6, 6.07) is 18.7. The number of para-hydroxylation sites is 1. The highest BCUT2D eigenvalue weighted by Crippen LogP contribution is 2.28. The summed E-state index contributed by atoms with van der Waals surface area (Å²) in [6.07, 6.45) is 1.41. The van der Waals surface area contributed by atoms with Gasteiger partial charge in [0.05, 0.1) is 16.0 Å². The van der Waals surface area contributed by atoms with Crippen LogP contribution in [0.4, 0.5) is 17.1 Å². The van der Waals surface area contributed by atoms with Crippen molar-refractivity contribution in [1.29, 1.82) is 0 Å². The van der Waals surface area contributed by atoms with Gasteiger partial charge in [0.15, 0.2) is 0 Å². The quantitative estimate of drug-likeness (QED) is 0.325. The molecule has 148 valence electrons. The zero-order valence-electron chi connectivity index (χ0n) is 14.8. The standard InChI is InChI=1S/C19H15ClN4O4S/c20-17-9-5-4-6-14(17)13-21-22-18-11-10-16(12-19(18)24(25)26)29(27,28)23-15-7-2-1-3-8-15/h1-13,22-23H/b21-13+. The predicted molar refractivity (Wildman–Crippen MR) is 113 cm³/mol. The smallest absolute Gasteiger partial charge is 0.280 e. The Morgan fingerprint density at radius 1 is 1.00 bits per heavy atom. The van der Waals surface area contributed by atoms with E-state index < -0.39 is 20.6 Å². The minimum atomic E-state index is -3.99. The number of nitrogens with one attached hydrogen (secondary N) is 2. The molecule has 0 saturated heterocycles. The number of nitro groups is 1. The van der Waals surface area contributed by atoms with Gasteiger partial charge in [0.1, 0.15) is 5.69 Å². The van der Waals surface area contributed by atoms with E-state index in [1.165, 1.54) is 18.3 Å². The summed E-state index contributed by atoms with van der Waals surface area (Å²) in [6.45, 7) is 0. The molecule has 10 heteroatoms. The molecule has 3 rings (SSSR count). The van der Waals surface area contributed by atoms with Gasteiger partial charge in [0, 0.05) is 22.3 Å². The molecule has 29 heavy (non-hydrogen) atoms. The molecule has 3 aromatic rings. The van der Waals surface area contributed by atoms with Gasteiger partial charge in [0.2, 0.25) is 0 Å². The fraction of sp³-hybridized carbons (Fsp3) is 0. The number of sulfonamides is 1. The lowest BCUT2D eigenvalue weighted by Gasteiger charge is -2.09. The molecule has 0 saturated carbocycles. The summed E-state index contributed by atoms with van der Waals surface area (Å²) in [4.78, 5) is 10.5. The number of rotatable bonds is 7. The molecule has 0 bridgehead atoms. The van der Waals surface area contributed by atoms with Crippen molar-refractivity contribution in [2.24, 2.45) is 5.10 Å². The molecule has 0 heterocycles. The third-order valence-corrected chi connectivity index (χ3v) is 5.52. The number of benzene rings is 3. The van der Waals surface area contributed by atoms with Gasteiger partial charge < -0.3 is 0 Å². The molecule has 0 fully saturated rings. The summed E-state index contributed by atoms with van der Waals surface area (Å²) in [5.41, 5.74) is 3.13. The van der Waals surface area contributed by atoms with Crippen molar-refractivity contribution in [2.75, 3.05) is 10.1 Å². The number of nitro benzene ring substituents is 1. The molecular formula is C19H15ClN4O4S. The minimum absolute atomic E-state index is 0.0389. The SMILES string of the molecule is O=[N+]([O-])c1cc(S(=O)(=O)Nc2ccccc2)ccc1N/N=C/c1ccccc1Cl. The average molecular weight is 431 g/mol. The summed E-state index contributed by atoms with van der Waals surface area (Å²) in [5, 5.41) is 15.8. The van der Waals surface area contributed by atoms with Gasteiger partial charge in [-0.3, -0.25) is 20.3 Å². The van der Waals surface area contributed by atoms with E-state index in [1.807, 2.05) is 0 Å². The van der Waals surface area contributed by atoms with Crippen molar-refractivity contribution < 1.29 is 13.3 Å². The Labute approximate surface area is 172 Å². The lowest BCUT2D eigenvalue weighted by molar-refractivity contribution is -0.384. The monoisotopic (exact) mass is 430 g/mol. The van der Waals surface area contributed by atoms with Crippen LogP contribution in [-0.4, -0.2) is 19.6 Å². The summed E-state index contributed by atoms with van der Waals surface area (Å²) in [5.74, 6) is 0. The van der Waals surface area contributed by atoms with E-state index in [9.17, 15) is 18.5 Å². The van der Waals surface area contributed by atoms with E-state index in [-0.39, 0.29) is 10.6 Å². The Morgan fingerprint density at radius 3 is 2.38 bits per heavy atom. The Hall–Kier alpha value is -3.43. The van der Waals surface area contributed by atoms with Crippen molar-refractivity contribution in [2.45, 2.75) is 4.90 Å². The maximum Gasteiger partial charge on any atom is 0.295 e. The van der Waals surface area contributed by atoms with Gasteiger partial charge in [-0.25, -0.2) is 8.42 Å². The number of nitrogens with zero attached hydrogens (tertiary/aromatic N) is 2. The molecule has 2 N–H and O–H groups in total. The fourth-order valence-corrected chi connectivity index (χ4v) is 3.66. The van der Waals surface area contributed by atoms with E-state index in [0.29, 0.717) is 16.3 Å². The van der Waals surface area contributed by atoms with Crippen LogP contribution in [0.3, 0.4) is 0 Å². The second-order valence-electron chi connectivity index (χ2n) is 5.80. The molecule has 0 unspecified atom stereocenters. The highest BCUT2D eigenvalue weighted by atomic mass is 35.5. The maximum atomic E-state index is 12.5. The fourth-order valence-electron chi connectivity index (χ4n) is 2.40. The van der Waals surface area contributed by atoms with Crippen molar-refractivity contribution >= 4 is 44.9 Å². The van der Waals surface area contributed by atoms with Gasteiger partial charge in [-0.2, -0.15) is 5.10 Å². The zero-order chi connectivity index (χ0) is 20.9. The molecule has 8 nitrogen and oxygen atoms in total. The molecule has 0 aromatic heterocycles. The first-order valence-corrected chi connectivity index (χ1v) is 10.1. The first-order chi connectivity index (χ1) is 13.9. The normalized spacial score (nSPS) is 11.3. The van der Waals surface area contributed by atoms with Crippen LogP contribution >= 0.6 is 11.6 Å². The van der Waals surface area contributed by atoms with Gasteiger partial charge in [-0.15, -0.1) is 0 Å². The lowest BCUT2D eigenvalue weighted by Crippen LogP contribution is -2.13. The number of hydrogen-bond donors (Lipinski definition) is 2. The predicted octanol–water partition coefficient (Wildman–Crippen LogP) is 4.50. The maximum absolute atomic E-state index is 12.5. The minimum Gasteiger partial charge on any atom is -0.280 e. The number of hydrazone groups is 1. The highest BCUT2D eigenvalue weighted by molar-refractivity contribution is 7.92. The largest absolute Gasteiger partial charge is 0.295 e. The van der Waals surface area contributed by atoms with Crippen molar-refractivity contribution in [3.05, 3.63) is 93.5 Å². The molecule has 0 aliphatic carbocycles. The first-order valence-electron chi connectivity index (χ1n) is 8.27. The van der Waals surface area contributed by atoms with Crippen LogP contribution in [0.2, 0.25) is 5.02 Å². The van der Waals surface area contributed by atoms with Crippen LogP contribution in [0.1, 0.15) is 5.56 Å². The Kier molecular flexibility index (Phi) is 6.10. The number of halogens is 1. The van der Waals surface area contributed by atoms with Gasteiger partial charge in [0.25, 0.3) is 15.7 Å². The van der Waals surface area contributed by atoms with Crippen molar-refractivity contribution in [1.82, 2.24) is 0 Å². The van der Waals surface area contributed by atoms with E-state index in [2.05, 4.69) is 15.2 Å². The molecular weight excluding hydrogens is 416 g/mol. The molecule has 0 aliphatic heterocycles. The Bertz CT molecular complexity index is 1170. The highest BCUT2D eigenvalue weighted by Gasteiger charge is 2.21. The van der Waals surface area contributed by atoms with Crippen LogP contribution < -0.4 is 10.1 Å².